The maximum Gasteiger partial charge on any atom is 0.327 e. The molecule has 115 heavy (non-hydrogen) atoms. The Bertz CT molecular complexity index is 3150. The lowest BCUT2D eigenvalue weighted by atomic mass is 9.97. The minimum Gasteiger partial charge on any atom is -0.480 e. The number of hydrogen-bond donors (Lipinski definition) is 23. The van der Waals surface area contributed by atoms with Crippen LogP contribution in [0.5, 0.6) is 0 Å². The summed E-state index contributed by atoms with van der Waals surface area (Å²) in [4.78, 5) is 200. The number of unbranched alkanes of at least 4 members (excludes halogenated alkanes) is 5. The molecule has 2 aliphatic heterocycles. The number of carbonyl (C=O) groups is 14. The molecule has 0 saturated carbocycles. The first-order chi connectivity index (χ1) is 54.2. The van der Waals surface area contributed by atoms with Gasteiger partial charge in [-0.05, 0) is 165 Å². The summed E-state index contributed by atoms with van der Waals surface area (Å²) >= 11 is 0.836. The van der Waals surface area contributed by atoms with Gasteiger partial charge >= 0.3 is 5.97 Å². The number of thioether (sulfide) groups is 1. The summed E-state index contributed by atoms with van der Waals surface area (Å²) in [6.07, 6.45) is -2.62. The predicted octanol–water partition coefficient (Wildman–Crippen LogP) is -5.70. The summed E-state index contributed by atoms with van der Waals surface area (Å²) in [5.41, 5.74) is 34.7. The smallest absolute Gasteiger partial charge is 0.327 e. The average molecular weight is 1660 g/mol. The second-order valence-electron chi connectivity index (χ2n) is 31.0. The fourth-order valence-corrected chi connectivity index (χ4v) is 13.9. The maximum atomic E-state index is 14.8. The Morgan fingerprint density at radius 1 is 0.461 bits per heavy atom. The number of rotatable bonds is 57. The maximum absolute atomic E-state index is 14.8. The summed E-state index contributed by atoms with van der Waals surface area (Å²) in [6, 6.07) is -15.8. The van der Waals surface area contributed by atoms with Crippen molar-refractivity contribution in [3.05, 3.63) is 0 Å². The van der Waals surface area contributed by atoms with Gasteiger partial charge in [0, 0.05) is 32.2 Å². The number of ether oxygens (including phenoxy) is 1. The minimum absolute atomic E-state index is 0.00314. The van der Waals surface area contributed by atoms with Crippen molar-refractivity contribution in [2.75, 3.05) is 58.2 Å². The molecule has 29 N–H and O–H groups in total. The minimum atomic E-state index is -1.63. The lowest BCUT2D eigenvalue weighted by Crippen LogP contribution is -2.63. The number of aliphatic carboxylic acids is 1. The van der Waals surface area contributed by atoms with Gasteiger partial charge in [0.25, 0.3) is 0 Å². The van der Waals surface area contributed by atoms with E-state index in [-0.39, 0.29) is 128 Å². The van der Waals surface area contributed by atoms with E-state index < -0.39 is 215 Å². The van der Waals surface area contributed by atoms with Crippen LogP contribution in [0.2, 0.25) is 0 Å². The Kier molecular flexibility index (Phi) is 48.5. The zero-order valence-electron chi connectivity index (χ0n) is 68.7. The van der Waals surface area contributed by atoms with Crippen molar-refractivity contribution < 1.29 is 97.4 Å². The van der Waals surface area contributed by atoms with E-state index in [4.69, 9.17) is 39.1 Å². The van der Waals surface area contributed by atoms with Crippen LogP contribution in [0.4, 0.5) is 0 Å². The molecule has 658 valence electrons. The Morgan fingerprint density at radius 2 is 0.791 bits per heavy atom. The summed E-state index contributed by atoms with van der Waals surface area (Å²) in [7, 11) is 0. The molecule has 13 unspecified atom stereocenters. The molecule has 2 heterocycles. The third kappa shape index (κ3) is 36.2. The van der Waals surface area contributed by atoms with Crippen LogP contribution in [0.15, 0.2) is 4.99 Å². The fourth-order valence-electron chi connectivity index (χ4n) is 12.7. The molecule has 2 saturated heterocycles. The molecule has 0 radical (unpaired) electrons. The zero-order valence-corrected chi connectivity index (χ0v) is 69.5. The number of guanidine groups is 1. The first-order valence-electron chi connectivity index (χ1n) is 40.1. The Morgan fingerprint density at radius 3 is 1.13 bits per heavy atom. The molecule has 0 aromatic heterocycles. The standard InChI is InChI=1S/C74H136N20O20S/c1-38(2)53(83-43(11)96)68(107)93-57(42(9)10)70(109)91-54(39(3)4)66(105)88-46(25-14-18-30-77)63(102)85-44(23-12-16-28-75)61(100)84-45(24-13-17-29-76)62(101)87-48(27-22-33-82-74(79)80)64(103)86-47(26-15-19-31-78)65(104)90-56(41(7)8)69(108)92-55(40(5)6)67(106)89-49(72(111)112)37-115-51-35-52(97)94(71(51)110)34-21-20-32-81-58-60(99)59(98)50(36-95)114-73(58)113/h38-42,44-51,53-60,73,81,95,98-99,113H,12-37,75-78H2,1-11H3,(H,83,96)(H,84,100)(H,85,102)(H,86,103)(H,87,101)(H,88,105)(H,89,106)(H,90,104)(H,91,109)(H,92,108)(H,93,107)(H,111,112)(H4,79,80,82)/t44?,45?,46?,47?,48?,49?,50-,51?,53?,54?,55?,56?,57?,58-,59-,60-,73?/m1/s1. The number of nitrogens with zero attached hydrogens (tertiary/aromatic N) is 2. The van der Waals surface area contributed by atoms with Crippen molar-refractivity contribution in [2.45, 2.75) is 288 Å². The summed E-state index contributed by atoms with van der Waals surface area (Å²) < 4.78 is 5.16. The highest BCUT2D eigenvalue weighted by molar-refractivity contribution is 8.00. The van der Waals surface area contributed by atoms with E-state index in [2.05, 4.69) is 68.8 Å². The van der Waals surface area contributed by atoms with Crippen LogP contribution in [0, 0.1) is 29.6 Å². The lowest BCUT2D eigenvalue weighted by molar-refractivity contribution is -0.254. The van der Waals surface area contributed by atoms with E-state index >= 15 is 0 Å². The topological polar surface area (TPSA) is 665 Å². The third-order valence-electron chi connectivity index (χ3n) is 19.6. The number of carboxylic acids is 1. The second-order valence-corrected chi connectivity index (χ2v) is 32.2. The van der Waals surface area contributed by atoms with Crippen LogP contribution in [-0.4, -0.2) is 280 Å². The number of amides is 13. The van der Waals surface area contributed by atoms with Crippen molar-refractivity contribution >= 4 is 100 Å². The molecule has 0 bridgehead atoms. The van der Waals surface area contributed by atoms with Crippen molar-refractivity contribution in [3.8, 4) is 0 Å². The Balaban J connectivity index is 2.43. The molecule has 2 fully saturated rings. The Hall–Kier alpha value is -8.00. The number of aliphatic hydroxyl groups is 4. The van der Waals surface area contributed by atoms with Gasteiger partial charge in [0.2, 0.25) is 76.8 Å². The molecule has 2 rings (SSSR count). The molecule has 40 nitrogen and oxygen atoms in total. The Labute approximate surface area is 678 Å². The van der Waals surface area contributed by atoms with E-state index in [1.54, 1.807) is 69.2 Å². The number of carboxylic acid groups (broad SMARTS) is 1. The van der Waals surface area contributed by atoms with Gasteiger partial charge in [-0.15, -0.1) is 11.8 Å². The van der Waals surface area contributed by atoms with Gasteiger partial charge in [0.1, 0.15) is 84.8 Å². The normalized spacial score (nSPS) is 19.8. The highest BCUT2D eigenvalue weighted by atomic mass is 32.2. The number of nitrogens with two attached hydrogens (primary N) is 6. The summed E-state index contributed by atoms with van der Waals surface area (Å²) in [5, 5.41) is 81.9. The molecule has 0 aliphatic carbocycles. The van der Waals surface area contributed by atoms with Gasteiger partial charge in [-0.25, -0.2) is 4.79 Å². The zero-order chi connectivity index (χ0) is 86.9. The number of aliphatic hydroxyl groups excluding tert-OH is 4. The number of aliphatic imine (C=N–C) groups is 1. The SMILES string of the molecule is CC(=O)NC(C(=O)NC(C(=O)NC(C(=O)NC(CCCCN)C(=O)NC(CCCCN)C(=O)NC(CCCCN)C(=O)NC(CCCN=C(N)N)C(=O)NC(CCCCN)C(=O)NC(C(=O)NC(C(=O)NC(CSC1CC(=O)N(CCCCN[C@H]2C(O)O[C@H](CO)[C@@H](O)[C@@H]2O)C1=O)C(=O)O)C(C)C)C(C)C)C(C)C)C(C)C)C(C)C. The van der Waals surface area contributed by atoms with Gasteiger partial charge in [0.05, 0.1) is 17.9 Å². The molecule has 13 amide bonds. The van der Waals surface area contributed by atoms with Gasteiger partial charge < -0.3 is 128 Å². The first-order valence-corrected chi connectivity index (χ1v) is 41.2. The molecule has 0 aromatic rings. The predicted molar refractivity (Wildman–Crippen MR) is 429 cm³/mol. The molecule has 0 spiro atoms. The van der Waals surface area contributed by atoms with Crippen molar-refractivity contribution in [2.24, 2.45) is 69.0 Å². The second kappa shape index (κ2) is 54.1. The van der Waals surface area contributed by atoms with Crippen LogP contribution in [0.3, 0.4) is 0 Å². The first kappa shape index (κ1) is 103. The van der Waals surface area contributed by atoms with Gasteiger partial charge in [-0.3, -0.25) is 72.2 Å². The third-order valence-corrected chi connectivity index (χ3v) is 20.9. The van der Waals surface area contributed by atoms with Crippen LogP contribution >= 0.6 is 11.8 Å². The number of nitrogens with one attached hydrogen (secondary N) is 12. The molecule has 0 aromatic carbocycles. The average Bonchev–Trinajstić information content (AvgIpc) is 1.37. The lowest BCUT2D eigenvalue weighted by Gasteiger charge is -2.40. The van der Waals surface area contributed by atoms with Crippen LogP contribution in [0.1, 0.15) is 185 Å². The molecule has 17 atom stereocenters. The van der Waals surface area contributed by atoms with E-state index in [9.17, 15) is 92.7 Å². The van der Waals surface area contributed by atoms with E-state index in [0.717, 1.165) is 16.7 Å². The molecule has 2 aliphatic rings. The van der Waals surface area contributed by atoms with Crippen molar-refractivity contribution in [1.29, 1.82) is 0 Å². The van der Waals surface area contributed by atoms with E-state index in [1.165, 1.54) is 6.92 Å². The highest BCUT2D eigenvalue weighted by Crippen LogP contribution is 2.27. The van der Waals surface area contributed by atoms with Crippen molar-refractivity contribution in [1.82, 2.24) is 68.7 Å². The highest BCUT2D eigenvalue weighted by Gasteiger charge is 2.45. The number of carbonyl (C=O) groups excluding carboxylic acids is 13. The van der Waals surface area contributed by atoms with Crippen LogP contribution in [0.25, 0.3) is 0 Å². The quantitative estimate of drug-likeness (QED) is 0.0117. The van der Waals surface area contributed by atoms with Gasteiger partial charge in [0.15, 0.2) is 12.2 Å². The summed E-state index contributed by atoms with van der Waals surface area (Å²) in [6.45, 7) is 18.1. The largest absolute Gasteiger partial charge is 0.480 e. The van der Waals surface area contributed by atoms with Crippen LogP contribution in [-0.2, 0) is 71.9 Å². The number of likely N-dealkylation sites (tertiary alicyclic amines) is 1. The number of hydrogen-bond acceptors (Lipinski definition) is 26. The van der Waals surface area contributed by atoms with Crippen molar-refractivity contribution in [3.63, 3.8) is 0 Å². The fraction of sp³-hybridized carbons (Fsp3) is 0.797. The van der Waals surface area contributed by atoms with Gasteiger partial charge in [-0.2, -0.15) is 0 Å². The molecular formula is C74H136N20O20S. The molecule has 41 heteroatoms. The number of imide groups is 1. The monoisotopic (exact) mass is 1660 g/mol. The van der Waals surface area contributed by atoms with Gasteiger partial charge in [-0.1, -0.05) is 69.2 Å². The summed E-state index contributed by atoms with van der Waals surface area (Å²) in [5.74, 6) is -14.6. The van der Waals surface area contributed by atoms with E-state index in [0.29, 0.717) is 44.9 Å². The molecular weight excluding hydrogens is 1520 g/mol. The van der Waals surface area contributed by atoms with E-state index in [1.807, 2.05) is 0 Å². The van der Waals surface area contributed by atoms with Crippen LogP contribution < -0.4 is 98.2 Å².